The molecule has 0 saturated heterocycles. The van der Waals surface area contributed by atoms with E-state index in [0.717, 1.165) is 4.47 Å². The van der Waals surface area contributed by atoms with Gasteiger partial charge in [0, 0.05) is 29.3 Å². The summed E-state index contributed by atoms with van der Waals surface area (Å²) in [5, 5.41) is 11.9. The van der Waals surface area contributed by atoms with Crippen LogP contribution in [0.1, 0.15) is 20.8 Å². The molecule has 0 aliphatic carbocycles. The van der Waals surface area contributed by atoms with Crippen molar-refractivity contribution in [3.05, 3.63) is 51.5 Å². The number of benzene rings is 1. The first-order valence-corrected chi connectivity index (χ1v) is 7.13. The molecule has 0 saturated carbocycles. The molecule has 1 heterocycles. The van der Waals surface area contributed by atoms with E-state index in [-0.39, 0.29) is 11.6 Å². The summed E-state index contributed by atoms with van der Waals surface area (Å²) < 4.78 is 2.32. The summed E-state index contributed by atoms with van der Waals surface area (Å²) in [4.78, 5) is 26.3. The van der Waals surface area contributed by atoms with Gasteiger partial charge in [0.1, 0.15) is 0 Å². The number of nitrogens with zero attached hydrogens (tertiary/aromatic N) is 2. The van der Waals surface area contributed by atoms with Gasteiger partial charge in [0.05, 0.1) is 11.3 Å². The molecule has 1 aromatic heterocycles. The molecule has 110 valence electrons. The molecule has 0 unspecified atom stereocenters. The number of halogens is 2. The molecule has 0 radical (unpaired) electrons. The van der Waals surface area contributed by atoms with Crippen molar-refractivity contribution in [2.24, 2.45) is 0 Å². The summed E-state index contributed by atoms with van der Waals surface area (Å²) in [6.45, 7) is 0.776. The molecule has 2 rings (SSSR count). The van der Waals surface area contributed by atoms with Gasteiger partial charge in [0.2, 0.25) is 0 Å². The van der Waals surface area contributed by atoms with Crippen LogP contribution in [0.2, 0.25) is 5.02 Å². The standard InChI is InChI=1S/C13H11BrClN3O3/c14-9-2-1-8(5-10(9)15)12(19)16-3-4-18-6-11(13(20)21)17-7-18/h1-2,5-7H,3-4H2,(H,16,19)(H,20,21). The summed E-state index contributed by atoms with van der Waals surface area (Å²) in [5.41, 5.74) is 0.432. The monoisotopic (exact) mass is 371 g/mol. The number of carboxylic acid groups (broad SMARTS) is 1. The van der Waals surface area contributed by atoms with Gasteiger partial charge in [0.15, 0.2) is 5.69 Å². The molecule has 1 aromatic carbocycles. The third kappa shape index (κ3) is 4.05. The number of nitrogens with one attached hydrogen (secondary N) is 1. The fourth-order valence-electron chi connectivity index (χ4n) is 1.63. The van der Waals surface area contributed by atoms with E-state index in [1.54, 1.807) is 22.8 Å². The number of rotatable bonds is 5. The molecule has 0 bridgehead atoms. The maximum absolute atomic E-state index is 11.9. The molecule has 8 heteroatoms. The van der Waals surface area contributed by atoms with Crippen molar-refractivity contribution in [2.75, 3.05) is 6.54 Å². The zero-order valence-corrected chi connectivity index (χ0v) is 13.1. The number of hydrogen-bond donors (Lipinski definition) is 2. The van der Waals surface area contributed by atoms with E-state index in [2.05, 4.69) is 26.2 Å². The molecule has 0 aliphatic heterocycles. The highest BCUT2D eigenvalue weighted by Gasteiger charge is 2.08. The van der Waals surface area contributed by atoms with Gasteiger partial charge < -0.3 is 15.0 Å². The second-order valence-corrected chi connectivity index (χ2v) is 5.45. The Kier molecular flexibility index (Phi) is 4.98. The van der Waals surface area contributed by atoms with E-state index < -0.39 is 5.97 Å². The summed E-state index contributed by atoms with van der Waals surface area (Å²) in [6.07, 6.45) is 2.82. The van der Waals surface area contributed by atoms with Crippen molar-refractivity contribution in [3.63, 3.8) is 0 Å². The molecule has 0 fully saturated rings. The van der Waals surface area contributed by atoms with Crippen LogP contribution in [0.15, 0.2) is 35.2 Å². The van der Waals surface area contributed by atoms with Gasteiger partial charge in [-0.05, 0) is 34.1 Å². The topological polar surface area (TPSA) is 84.2 Å². The lowest BCUT2D eigenvalue weighted by Crippen LogP contribution is -2.27. The molecule has 0 aliphatic rings. The first kappa shape index (κ1) is 15.5. The maximum Gasteiger partial charge on any atom is 0.356 e. The predicted molar refractivity (Wildman–Crippen MR) is 80.7 cm³/mol. The molecule has 6 nitrogen and oxygen atoms in total. The average Bonchev–Trinajstić information content (AvgIpc) is 2.91. The number of carbonyl (C=O) groups is 2. The van der Waals surface area contributed by atoms with E-state index in [1.165, 1.54) is 12.5 Å². The molecule has 2 N–H and O–H groups in total. The van der Waals surface area contributed by atoms with Gasteiger partial charge in [-0.3, -0.25) is 4.79 Å². The molecule has 1 amide bonds. The number of carboxylic acids is 1. The fourth-order valence-corrected chi connectivity index (χ4v) is 2.06. The van der Waals surface area contributed by atoms with Gasteiger partial charge in [-0.2, -0.15) is 0 Å². The Balaban J connectivity index is 1.88. The van der Waals surface area contributed by atoms with Crippen LogP contribution in [-0.2, 0) is 6.54 Å². The van der Waals surface area contributed by atoms with Crippen LogP contribution in [0.3, 0.4) is 0 Å². The minimum absolute atomic E-state index is 0.0268. The van der Waals surface area contributed by atoms with Crippen molar-refractivity contribution in [1.29, 1.82) is 0 Å². The van der Waals surface area contributed by atoms with Crippen LogP contribution >= 0.6 is 27.5 Å². The highest BCUT2D eigenvalue weighted by Crippen LogP contribution is 2.23. The third-order valence-electron chi connectivity index (χ3n) is 2.69. The number of carbonyl (C=O) groups excluding carboxylic acids is 1. The van der Waals surface area contributed by atoms with Crippen LogP contribution in [-0.4, -0.2) is 33.1 Å². The Bertz CT molecular complexity index is 687. The Morgan fingerprint density at radius 1 is 1.43 bits per heavy atom. The Hall–Kier alpha value is -1.86. The van der Waals surface area contributed by atoms with Crippen molar-refractivity contribution in [1.82, 2.24) is 14.9 Å². The normalized spacial score (nSPS) is 10.4. The predicted octanol–water partition coefficient (Wildman–Crippen LogP) is 2.43. The van der Waals surface area contributed by atoms with Crippen LogP contribution in [0.4, 0.5) is 0 Å². The van der Waals surface area contributed by atoms with Gasteiger partial charge in [0.25, 0.3) is 5.91 Å². The quantitative estimate of drug-likeness (QED) is 0.844. The number of aromatic nitrogens is 2. The molecule has 0 atom stereocenters. The maximum atomic E-state index is 11.9. The fraction of sp³-hybridized carbons (Fsp3) is 0.154. The Labute approximate surface area is 133 Å². The largest absolute Gasteiger partial charge is 0.476 e. The minimum Gasteiger partial charge on any atom is -0.476 e. The SMILES string of the molecule is O=C(NCCn1cnc(C(=O)O)c1)c1ccc(Br)c(Cl)c1. The number of imidazole rings is 1. The van der Waals surface area contributed by atoms with E-state index in [1.807, 2.05) is 0 Å². The van der Waals surface area contributed by atoms with E-state index in [4.69, 9.17) is 16.7 Å². The first-order valence-electron chi connectivity index (χ1n) is 5.95. The Morgan fingerprint density at radius 3 is 2.81 bits per heavy atom. The van der Waals surface area contributed by atoms with Crippen molar-refractivity contribution in [2.45, 2.75) is 6.54 Å². The van der Waals surface area contributed by atoms with Crippen molar-refractivity contribution >= 4 is 39.4 Å². The van der Waals surface area contributed by atoms with E-state index >= 15 is 0 Å². The summed E-state index contributed by atoms with van der Waals surface area (Å²) in [7, 11) is 0. The lowest BCUT2D eigenvalue weighted by molar-refractivity contribution is 0.0690. The van der Waals surface area contributed by atoms with E-state index in [9.17, 15) is 9.59 Å². The van der Waals surface area contributed by atoms with Crippen LogP contribution in [0.25, 0.3) is 0 Å². The van der Waals surface area contributed by atoms with E-state index in [0.29, 0.717) is 23.7 Å². The third-order valence-corrected chi connectivity index (χ3v) is 3.92. The van der Waals surface area contributed by atoms with Gasteiger partial charge in [-0.1, -0.05) is 11.6 Å². The van der Waals surface area contributed by atoms with Crippen molar-refractivity contribution < 1.29 is 14.7 Å². The number of amides is 1. The van der Waals surface area contributed by atoms with Gasteiger partial charge >= 0.3 is 5.97 Å². The number of hydrogen-bond acceptors (Lipinski definition) is 3. The number of aromatic carboxylic acids is 1. The smallest absolute Gasteiger partial charge is 0.356 e. The lowest BCUT2D eigenvalue weighted by Gasteiger charge is -2.06. The molecular weight excluding hydrogens is 362 g/mol. The van der Waals surface area contributed by atoms with Crippen LogP contribution in [0, 0.1) is 0 Å². The highest BCUT2D eigenvalue weighted by atomic mass is 79.9. The zero-order valence-electron chi connectivity index (χ0n) is 10.7. The summed E-state index contributed by atoms with van der Waals surface area (Å²) >= 11 is 9.18. The van der Waals surface area contributed by atoms with Crippen LogP contribution in [0.5, 0.6) is 0 Å². The summed E-state index contributed by atoms with van der Waals surface area (Å²) in [6, 6.07) is 4.93. The second-order valence-electron chi connectivity index (χ2n) is 4.19. The average molecular weight is 373 g/mol. The molecular formula is C13H11BrClN3O3. The van der Waals surface area contributed by atoms with Crippen molar-refractivity contribution in [3.8, 4) is 0 Å². The first-order chi connectivity index (χ1) is 9.97. The highest BCUT2D eigenvalue weighted by molar-refractivity contribution is 9.10. The van der Waals surface area contributed by atoms with Crippen LogP contribution < -0.4 is 5.32 Å². The van der Waals surface area contributed by atoms with Gasteiger partial charge in [-0.25, -0.2) is 9.78 Å². The second kappa shape index (κ2) is 6.73. The minimum atomic E-state index is -1.08. The summed E-state index contributed by atoms with van der Waals surface area (Å²) in [5.74, 6) is -1.33. The molecule has 2 aromatic rings. The zero-order chi connectivity index (χ0) is 15.4. The lowest BCUT2D eigenvalue weighted by atomic mass is 10.2. The van der Waals surface area contributed by atoms with Gasteiger partial charge in [-0.15, -0.1) is 0 Å². The molecule has 21 heavy (non-hydrogen) atoms. The Morgan fingerprint density at radius 2 is 2.19 bits per heavy atom. The molecule has 0 spiro atoms.